The monoisotopic (exact) mass is 387 g/mol. The predicted molar refractivity (Wildman–Crippen MR) is 113 cm³/mol. The molecule has 0 bridgehead atoms. The predicted octanol–water partition coefficient (Wildman–Crippen LogP) is 4.58. The van der Waals surface area contributed by atoms with Crippen LogP contribution in [0.4, 0.5) is 0 Å². The highest BCUT2D eigenvalue weighted by Gasteiger charge is 2.34. The van der Waals surface area contributed by atoms with Crippen molar-refractivity contribution in [3.63, 3.8) is 0 Å². The van der Waals surface area contributed by atoms with Gasteiger partial charge in [0.1, 0.15) is 0 Å². The van der Waals surface area contributed by atoms with Crippen LogP contribution in [0.2, 0.25) is 0 Å². The molecule has 0 aliphatic carbocycles. The summed E-state index contributed by atoms with van der Waals surface area (Å²) in [7, 11) is -3.07. The summed E-state index contributed by atoms with van der Waals surface area (Å²) >= 11 is 0. The van der Waals surface area contributed by atoms with Gasteiger partial charge in [0.05, 0.1) is 45.0 Å². The average molecular weight is 388 g/mol. The van der Waals surface area contributed by atoms with Gasteiger partial charge in [-0.15, -0.1) is 0 Å². The fourth-order valence-electron chi connectivity index (χ4n) is 3.95. The Morgan fingerprint density at radius 2 is 1.38 bits per heavy atom. The molecule has 154 valence electrons. The van der Waals surface area contributed by atoms with Crippen molar-refractivity contribution in [2.45, 2.75) is 78.1 Å². The number of likely N-dealkylation sites (N-methyl/N-ethyl adjacent to an activating group) is 1. The Balaban J connectivity index is 2.16. The third kappa shape index (κ3) is 8.53. The van der Waals surface area contributed by atoms with Gasteiger partial charge in [0.2, 0.25) is 10.0 Å². The van der Waals surface area contributed by atoms with Gasteiger partial charge in [-0.25, -0.2) is 8.42 Å². The molecule has 0 aromatic carbocycles. The van der Waals surface area contributed by atoms with Crippen molar-refractivity contribution < 1.29 is 12.9 Å². The normalized spacial score (nSPS) is 18.1. The van der Waals surface area contributed by atoms with Crippen LogP contribution in [0.25, 0.3) is 0 Å². The number of sulfonamides is 1. The molecule has 0 amide bonds. The largest absolute Gasteiger partial charge is 0.318 e. The molecule has 0 saturated carbocycles. The number of unbranched alkanes of at least 4 members (excludes halogenated alkanes) is 9. The molecule has 1 heterocycles. The second kappa shape index (κ2) is 12.9. The Kier molecular flexibility index (Phi) is 11.7. The van der Waals surface area contributed by atoms with Gasteiger partial charge in [0.15, 0.2) is 0 Å². The topological polar surface area (TPSA) is 37.4 Å². The molecule has 1 aliphatic heterocycles. The van der Waals surface area contributed by atoms with E-state index in [-0.39, 0.29) is 0 Å². The van der Waals surface area contributed by atoms with Crippen molar-refractivity contribution in [1.29, 1.82) is 0 Å². The Bertz CT molecular complexity index is 468. The zero-order chi connectivity index (χ0) is 19.3. The lowest BCUT2D eigenvalue weighted by Gasteiger charge is -2.43. The van der Waals surface area contributed by atoms with E-state index in [9.17, 15) is 8.42 Å². The molecule has 1 rings (SSSR count). The third-order valence-electron chi connectivity index (χ3n) is 5.98. The van der Waals surface area contributed by atoms with Gasteiger partial charge in [-0.3, -0.25) is 0 Å². The molecule has 1 fully saturated rings. The van der Waals surface area contributed by atoms with Gasteiger partial charge in [-0.05, 0) is 19.4 Å². The van der Waals surface area contributed by atoms with E-state index in [0.29, 0.717) is 18.8 Å². The molecular formula is C21H43N2O2S+. The SMILES string of the molecule is C=CC[N+]1(CC)CCN(S(=O)(=O)CCCCCCCCCCCC)CC1. The maximum atomic E-state index is 12.6. The highest BCUT2D eigenvalue weighted by Crippen LogP contribution is 2.17. The van der Waals surface area contributed by atoms with Gasteiger partial charge in [-0.1, -0.05) is 71.3 Å². The van der Waals surface area contributed by atoms with Gasteiger partial charge < -0.3 is 4.48 Å². The molecule has 26 heavy (non-hydrogen) atoms. The van der Waals surface area contributed by atoms with E-state index in [0.717, 1.165) is 43.5 Å². The zero-order valence-electron chi connectivity index (χ0n) is 17.4. The van der Waals surface area contributed by atoms with Crippen LogP contribution in [-0.2, 0) is 10.0 Å². The summed E-state index contributed by atoms with van der Waals surface area (Å²) in [6, 6.07) is 0. The molecule has 0 spiro atoms. The molecule has 0 aromatic rings. The maximum Gasteiger partial charge on any atom is 0.214 e. The standard InChI is InChI=1S/C21H43N2O2S/c1-4-7-8-9-10-11-12-13-14-15-21-26(24,25)22-16-19-23(6-3,18-5-2)20-17-22/h5H,2,4,6-21H2,1,3H3/q+1. The smallest absolute Gasteiger partial charge is 0.214 e. The number of nitrogens with zero attached hydrogens (tertiary/aromatic N) is 2. The Hall–Kier alpha value is -0.390. The van der Waals surface area contributed by atoms with Crippen molar-refractivity contribution in [3.8, 4) is 0 Å². The van der Waals surface area contributed by atoms with Crippen LogP contribution in [-0.4, -0.2) is 62.2 Å². The fraction of sp³-hybridized carbons (Fsp3) is 0.905. The minimum atomic E-state index is -3.07. The second-order valence-corrected chi connectivity index (χ2v) is 10.1. The number of hydrogen-bond acceptors (Lipinski definition) is 2. The minimum Gasteiger partial charge on any atom is -0.318 e. The maximum absolute atomic E-state index is 12.6. The van der Waals surface area contributed by atoms with Crippen molar-refractivity contribution in [3.05, 3.63) is 12.7 Å². The first-order chi connectivity index (χ1) is 12.5. The average Bonchev–Trinajstić information content (AvgIpc) is 2.64. The first-order valence-corrected chi connectivity index (χ1v) is 12.5. The summed E-state index contributed by atoms with van der Waals surface area (Å²) in [5.74, 6) is 0.330. The summed E-state index contributed by atoms with van der Waals surface area (Å²) in [6.07, 6.45) is 14.3. The van der Waals surface area contributed by atoms with E-state index < -0.39 is 10.0 Å². The molecule has 1 aliphatic rings. The van der Waals surface area contributed by atoms with Crippen LogP contribution in [0, 0.1) is 0 Å². The molecule has 1 saturated heterocycles. The van der Waals surface area contributed by atoms with Crippen LogP contribution in [0.5, 0.6) is 0 Å². The number of piperazine rings is 1. The Morgan fingerprint density at radius 3 is 1.85 bits per heavy atom. The molecule has 0 radical (unpaired) electrons. The van der Waals surface area contributed by atoms with E-state index in [1.807, 2.05) is 6.08 Å². The summed E-state index contributed by atoms with van der Waals surface area (Å²) in [5.41, 5.74) is 0. The lowest BCUT2D eigenvalue weighted by molar-refractivity contribution is -0.924. The van der Waals surface area contributed by atoms with Gasteiger partial charge in [0.25, 0.3) is 0 Å². The fourth-order valence-corrected chi connectivity index (χ4v) is 5.50. The highest BCUT2D eigenvalue weighted by molar-refractivity contribution is 7.89. The quantitative estimate of drug-likeness (QED) is 0.234. The molecule has 0 aromatic heterocycles. The van der Waals surface area contributed by atoms with E-state index in [4.69, 9.17) is 0 Å². The van der Waals surface area contributed by atoms with Crippen molar-refractivity contribution in [2.24, 2.45) is 0 Å². The van der Waals surface area contributed by atoms with E-state index >= 15 is 0 Å². The molecule has 0 unspecified atom stereocenters. The minimum absolute atomic E-state index is 0.330. The van der Waals surface area contributed by atoms with E-state index in [1.165, 1.54) is 51.4 Å². The highest BCUT2D eigenvalue weighted by atomic mass is 32.2. The van der Waals surface area contributed by atoms with Crippen LogP contribution in [0.15, 0.2) is 12.7 Å². The Labute approximate surface area is 163 Å². The first kappa shape index (κ1) is 23.6. The van der Waals surface area contributed by atoms with E-state index in [1.54, 1.807) is 4.31 Å². The third-order valence-corrected chi connectivity index (χ3v) is 7.94. The Morgan fingerprint density at radius 1 is 0.885 bits per heavy atom. The van der Waals surface area contributed by atoms with Crippen LogP contribution < -0.4 is 0 Å². The number of hydrogen-bond donors (Lipinski definition) is 0. The summed E-state index contributed by atoms with van der Waals surface area (Å²) in [5, 5.41) is 0. The summed E-state index contributed by atoms with van der Waals surface area (Å²) in [4.78, 5) is 0. The van der Waals surface area contributed by atoms with Crippen molar-refractivity contribution >= 4 is 10.0 Å². The molecule has 0 N–H and O–H groups in total. The van der Waals surface area contributed by atoms with E-state index in [2.05, 4.69) is 20.4 Å². The lowest BCUT2D eigenvalue weighted by Crippen LogP contribution is -2.60. The zero-order valence-corrected chi connectivity index (χ0v) is 18.2. The second-order valence-electron chi connectivity index (χ2n) is 7.97. The number of rotatable bonds is 15. The van der Waals surface area contributed by atoms with Gasteiger partial charge in [0, 0.05) is 0 Å². The molecule has 5 heteroatoms. The lowest BCUT2D eigenvalue weighted by atomic mass is 10.1. The first-order valence-electron chi connectivity index (χ1n) is 10.9. The molecule has 0 atom stereocenters. The van der Waals surface area contributed by atoms with Gasteiger partial charge in [-0.2, -0.15) is 4.31 Å². The molecule has 4 nitrogen and oxygen atoms in total. The molecular weight excluding hydrogens is 344 g/mol. The van der Waals surface area contributed by atoms with Crippen LogP contribution >= 0.6 is 0 Å². The summed E-state index contributed by atoms with van der Waals surface area (Å²) < 4.78 is 27.9. The van der Waals surface area contributed by atoms with Crippen LogP contribution in [0.1, 0.15) is 78.1 Å². The van der Waals surface area contributed by atoms with Gasteiger partial charge >= 0.3 is 0 Å². The van der Waals surface area contributed by atoms with Crippen molar-refractivity contribution in [1.82, 2.24) is 4.31 Å². The number of quaternary nitrogens is 1. The summed E-state index contributed by atoms with van der Waals surface area (Å²) in [6.45, 7) is 13.5. The van der Waals surface area contributed by atoms with Crippen LogP contribution in [0.3, 0.4) is 0 Å². The van der Waals surface area contributed by atoms with Crippen molar-refractivity contribution in [2.75, 3.05) is 45.0 Å².